The minimum atomic E-state index is -0.225. The summed E-state index contributed by atoms with van der Waals surface area (Å²) in [7, 11) is 1.84. The summed E-state index contributed by atoms with van der Waals surface area (Å²) >= 11 is 0. The Kier molecular flexibility index (Phi) is 4.19. The van der Waals surface area contributed by atoms with Crippen LogP contribution in [0.15, 0.2) is 36.9 Å². The Balaban J connectivity index is 1.67. The number of carbonyl (C=O) groups excluding carboxylic acids is 1. The van der Waals surface area contributed by atoms with Gasteiger partial charge in [0.05, 0.1) is 29.8 Å². The van der Waals surface area contributed by atoms with Crippen molar-refractivity contribution in [2.45, 2.75) is 26.9 Å². The number of nitrogens with one attached hydrogen (secondary N) is 1. The molecule has 0 unspecified atom stereocenters. The van der Waals surface area contributed by atoms with Crippen LogP contribution in [0.1, 0.15) is 28.7 Å². The zero-order valence-corrected chi connectivity index (χ0v) is 15.4. The predicted molar refractivity (Wildman–Crippen MR) is 99.0 cm³/mol. The van der Waals surface area contributed by atoms with Crippen LogP contribution in [0.25, 0.3) is 16.9 Å². The number of hydrogen-bond acceptors (Lipinski definition) is 5. The molecule has 4 heterocycles. The fourth-order valence-corrected chi connectivity index (χ4v) is 3.03. The van der Waals surface area contributed by atoms with E-state index in [2.05, 4.69) is 25.6 Å². The Labute approximate surface area is 155 Å². The van der Waals surface area contributed by atoms with Crippen LogP contribution in [0.3, 0.4) is 0 Å². The summed E-state index contributed by atoms with van der Waals surface area (Å²) in [5.74, 6) is -0.225. The van der Waals surface area contributed by atoms with Gasteiger partial charge in [-0.25, -0.2) is 9.50 Å². The number of carbonyl (C=O) groups is 1. The van der Waals surface area contributed by atoms with Crippen molar-refractivity contribution in [3.05, 3.63) is 53.9 Å². The second kappa shape index (κ2) is 6.67. The first-order valence-electron chi connectivity index (χ1n) is 8.70. The highest BCUT2D eigenvalue weighted by molar-refractivity contribution is 5.99. The van der Waals surface area contributed by atoms with Gasteiger partial charge in [-0.05, 0) is 26.0 Å². The van der Waals surface area contributed by atoms with Gasteiger partial charge in [0.2, 0.25) is 0 Å². The fourth-order valence-electron chi connectivity index (χ4n) is 3.03. The highest BCUT2D eigenvalue weighted by atomic mass is 16.1. The molecule has 0 aliphatic carbocycles. The van der Waals surface area contributed by atoms with Crippen molar-refractivity contribution >= 4 is 11.6 Å². The molecule has 9 heteroatoms. The molecule has 0 bridgehead atoms. The molecule has 4 rings (SSSR count). The average molecular weight is 364 g/mol. The number of rotatable bonds is 5. The zero-order chi connectivity index (χ0) is 19.0. The summed E-state index contributed by atoms with van der Waals surface area (Å²) in [6.07, 6.45) is 6.91. The standard InChI is InChI=1S/C18H20N8O/c1-4-25-11-15(12(2)23-25)16-6-7-19-17-14(10-22-26(16)17)18(27)20-9-13-5-8-21-24(13)3/h5-8,10-11H,4,9H2,1-3H3,(H,20,27). The topological polar surface area (TPSA) is 94.9 Å². The molecule has 9 nitrogen and oxygen atoms in total. The first kappa shape index (κ1) is 17.0. The number of fused-ring (bicyclic) bond motifs is 1. The SMILES string of the molecule is CCn1cc(-c2ccnc3c(C(=O)NCc4ccnn4C)cnn23)c(C)n1. The monoisotopic (exact) mass is 364 g/mol. The largest absolute Gasteiger partial charge is 0.346 e. The normalized spacial score (nSPS) is 11.2. The number of nitrogens with zero attached hydrogens (tertiary/aromatic N) is 7. The third-order valence-corrected chi connectivity index (χ3v) is 4.54. The molecule has 0 aliphatic rings. The molecule has 0 saturated carbocycles. The molecule has 138 valence electrons. The summed E-state index contributed by atoms with van der Waals surface area (Å²) < 4.78 is 5.28. The molecule has 0 aromatic carbocycles. The quantitative estimate of drug-likeness (QED) is 0.580. The Hall–Kier alpha value is -3.49. The van der Waals surface area contributed by atoms with Gasteiger partial charge in [0, 0.05) is 37.7 Å². The molecular formula is C18H20N8O. The van der Waals surface area contributed by atoms with Crippen molar-refractivity contribution in [3.8, 4) is 11.3 Å². The van der Waals surface area contributed by atoms with E-state index in [0.717, 1.165) is 29.2 Å². The van der Waals surface area contributed by atoms with Crippen LogP contribution >= 0.6 is 0 Å². The third kappa shape index (κ3) is 2.97. The Morgan fingerprint density at radius 2 is 2.07 bits per heavy atom. The van der Waals surface area contributed by atoms with Gasteiger partial charge in [0.15, 0.2) is 5.65 Å². The lowest BCUT2D eigenvalue weighted by Gasteiger charge is -2.05. The molecule has 0 radical (unpaired) electrons. The summed E-state index contributed by atoms with van der Waals surface area (Å²) in [5, 5.41) is 15.9. The Morgan fingerprint density at radius 1 is 1.22 bits per heavy atom. The average Bonchev–Trinajstić information content (AvgIpc) is 3.37. The first-order valence-corrected chi connectivity index (χ1v) is 8.70. The molecule has 27 heavy (non-hydrogen) atoms. The number of aromatic nitrogens is 7. The number of amides is 1. The molecule has 4 aromatic rings. The second-order valence-corrected chi connectivity index (χ2v) is 6.24. The van der Waals surface area contributed by atoms with Crippen molar-refractivity contribution < 1.29 is 4.79 Å². The van der Waals surface area contributed by atoms with Crippen LogP contribution in [0.5, 0.6) is 0 Å². The minimum Gasteiger partial charge on any atom is -0.346 e. The third-order valence-electron chi connectivity index (χ3n) is 4.54. The Morgan fingerprint density at radius 3 is 2.78 bits per heavy atom. The number of aryl methyl sites for hydroxylation is 3. The van der Waals surface area contributed by atoms with Crippen molar-refractivity contribution in [2.75, 3.05) is 0 Å². The van der Waals surface area contributed by atoms with Crippen molar-refractivity contribution in [2.24, 2.45) is 7.05 Å². The molecule has 4 aromatic heterocycles. The highest BCUT2D eigenvalue weighted by Crippen LogP contribution is 2.23. The van der Waals surface area contributed by atoms with E-state index in [-0.39, 0.29) is 5.91 Å². The summed E-state index contributed by atoms with van der Waals surface area (Å²) in [5.41, 5.74) is 4.58. The van der Waals surface area contributed by atoms with E-state index >= 15 is 0 Å². The van der Waals surface area contributed by atoms with E-state index < -0.39 is 0 Å². The highest BCUT2D eigenvalue weighted by Gasteiger charge is 2.18. The maximum Gasteiger partial charge on any atom is 0.257 e. The molecular weight excluding hydrogens is 344 g/mol. The number of hydrogen-bond donors (Lipinski definition) is 1. The van der Waals surface area contributed by atoms with Gasteiger partial charge in [-0.1, -0.05) is 0 Å². The fraction of sp³-hybridized carbons (Fsp3) is 0.278. The lowest BCUT2D eigenvalue weighted by atomic mass is 10.2. The molecule has 0 fully saturated rings. The van der Waals surface area contributed by atoms with Gasteiger partial charge in [0.1, 0.15) is 5.56 Å². The predicted octanol–water partition coefficient (Wildman–Crippen LogP) is 1.58. The first-order chi connectivity index (χ1) is 13.1. The second-order valence-electron chi connectivity index (χ2n) is 6.24. The van der Waals surface area contributed by atoms with Gasteiger partial charge in [-0.2, -0.15) is 15.3 Å². The van der Waals surface area contributed by atoms with Crippen LogP contribution in [0.4, 0.5) is 0 Å². The van der Waals surface area contributed by atoms with E-state index in [4.69, 9.17) is 0 Å². The van der Waals surface area contributed by atoms with E-state index in [1.165, 1.54) is 0 Å². The maximum absolute atomic E-state index is 12.6. The molecule has 0 spiro atoms. The van der Waals surface area contributed by atoms with Crippen molar-refractivity contribution in [3.63, 3.8) is 0 Å². The summed E-state index contributed by atoms with van der Waals surface area (Å²) in [4.78, 5) is 17.0. The van der Waals surface area contributed by atoms with Crippen LogP contribution in [0.2, 0.25) is 0 Å². The van der Waals surface area contributed by atoms with Gasteiger partial charge < -0.3 is 5.32 Å². The van der Waals surface area contributed by atoms with Gasteiger partial charge in [-0.3, -0.25) is 14.2 Å². The van der Waals surface area contributed by atoms with E-state index in [0.29, 0.717) is 17.8 Å². The van der Waals surface area contributed by atoms with Gasteiger partial charge in [-0.15, -0.1) is 0 Å². The van der Waals surface area contributed by atoms with Crippen LogP contribution in [-0.4, -0.2) is 40.1 Å². The van der Waals surface area contributed by atoms with Crippen LogP contribution < -0.4 is 5.32 Å². The molecule has 0 aliphatic heterocycles. The minimum absolute atomic E-state index is 0.225. The molecule has 1 N–H and O–H groups in total. The van der Waals surface area contributed by atoms with Crippen LogP contribution in [-0.2, 0) is 20.1 Å². The molecule has 0 saturated heterocycles. The Bertz CT molecular complexity index is 1120. The molecule has 0 atom stereocenters. The smallest absolute Gasteiger partial charge is 0.257 e. The van der Waals surface area contributed by atoms with Crippen molar-refractivity contribution in [1.82, 2.24) is 39.5 Å². The summed E-state index contributed by atoms with van der Waals surface area (Å²) in [6, 6.07) is 3.74. The van der Waals surface area contributed by atoms with E-state index in [1.807, 2.05) is 43.9 Å². The molecule has 1 amide bonds. The van der Waals surface area contributed by atoms with Gasteiger partial charge >= 0.3 is 0 Å². The van der Waals surface area contributed by atoms with E-state index in [9.17, 15) is 4.79 Å². The summed E-state index contributed by atoms with van der Waals surface area (Å²) in [6.45, 7) is 5.17. The van der Waals surface area contributed by atoms with E-state index in [1.54, 1.807) is 27.8 Å². The lowest BCUT2D eigenvalue weighted by molar-refractivity contribution is 0.0951. The van der Waals surface area contributed by atoms with Crippen LogP contribution in [0, 0.1) is 6.92 Å². The maximum atomic E-state index is 12.6. The zero-order valence-electron chi connectivity index (χ0n) is 15.4. The van der Waals surface area contributed by atoms with Crippen molar-refractivity contribution in [1.29, 1.82) is 0 Å². The van der Waals surface area contributed by atoms with Gasteiger partial charge in [0.25, 0.3) is 5.91 Å². The lowest BCUT2D eigenvalue weighted by Crippen LogP contribution is -2.24.